The van der Waals surface area contributed by atoms with Gasteiger partial charge in [-0.15, -0.1) is 11.3 Å². The van der Waals surface area contributed by atoms with Crippen LogP contribution in [-0.2, 0) is 0 Å². The van der Waals surface area contributed by atoms with Crippen LogP contribution in [0.1, 0.15) is 0 Å². The maximum atomic E-state index is 2.42. The number of para-hydroxylation sites is 2. The number of rotatable bonds is 5. The summed E-state index contributed by atoms with van der Waals surface area (Å²) in [6.45, 7) is 0. The van der Waals surface area contributed by atoms with Crippen molar-refractivity contribution in [2.75, 3.05) is 4.90 Å². The van der Waals surface area contributed by atoms with Crippen LogP contribution >= 0.6 is 11.3 Å². The van der Waals surface area contributed by atoms with E-state index in [-0.39, 0.29) is 0 Å². The summed E-state index contributed by atoms with van der Waals surface area (Å²) in [5.41, 5.74) is 9.32. The van der Waals surface area contributed by atoms with Crippen LogP contribution in [0.4, 0.5) is 17.1 Å². The lowest BCUT2D eigenvalue weighted by Gasteiger charge is -2.26. The van der Waals surface area contributed by atoms with Crippen LogP contribution in [0.5, 0.6) is 0 Å². The van der Waals surface area contributed by atoms with Gasteiger partial charge < -0.3 is 9.47 Å². The highest BCUT2D eigenvalue weighted by molar-refractivity contribution is 7.25. The van der Waals surface area contributed by atoms with Crippen LogP contribution in [0.25, 0.3) is 80.3 Å². The fraction of sp³-hybridized carbons (Fsp3) is 0. The Labute approximate surface area is 311 Å². The molecule has 0 amide bonds. The summed E-state index contributed by atoms with van der Waals surface area (Å²) in [5.74, 6) is 0. The molecular weight excluding hydrogens is 661 g/mol. The van der Waals surface area contributed by atoms with Gasteiger partial charge in [0.05, 0.1) is 11.0 Å². The van der Waals surface area contributed by atoms with Gasteiger partial charge in [-0.3, -0.25) is 0 Å². The molecule has 0 unspecified atom stereocenters. The molecule has 53 heavy (non-hydrogen) atoms. The Bertz CT molecular complexity index is 3160. The van der Waals surface area contributed by atoms with Crippen molar-refractivity contribution in [1.82, 2.24) is 4.57 Å². The Balaban J connectivity index is 1.14. The van der Waals surface area contributed by atoms with E-state index in [4.69, 9.17) is 0 Å². The van der Waals surface area contributed by atoms with E-state index >= 15 is 0 Å². The maximum absolute atomic E-state index is 2.42. The molecule has 248 valence electrons. The van der Waals surface area contributed by atoms with E-state index in [2.05, 4.69) is 204 Å². The predicted octanol–water partition coefficient (Wildman–Crippen LogP) is 14.6. The van der Waals surface area contributed by atoms with Gasteiger partial charge >= 0.3 is 0 Å². The average Bonchev–Trinajstić information content (AvgIpc) is 3.76. The molecule has 0 spiro atoms. The first-order chi connectivity index (χ1) is 26.3. The molecule has 9 aromatic carbocycles. The smallest absolute Gasteiger partial charge is 0.0542 e. The number of fused-ring (bicyclic) bond motifs is 9. The highest BCUT2D eigenvalue weighted by Gasteiger charge is 2.19. The number of benzene rings is 9. The molecule has 2 nitrogen and oxygen atoms in total. The number of anilines is 3. The van der Waals surface area contributed by atoms with Crippen molar-refractivity contribution in [3.8, 4) is 16.8 Å². The quantitative estimate of drug-likeness (QED) is 0.163. The zero-order valence-corrected chi connectivity index (χ0v) is 29.6. The Hall–Kier alpha value is -6.68. The average molecular weight is 693 g/mol. The maximum Gasteiger partial charge on any atom is 0.0542 e. The third-order valence-corrected chi connectivity index (χ3v) is 11.9. The minimum absolute atomic E-state index is 1.11. The number of aromatic nitrogens is 1. The van der Waals surface area contributed by atoms with Crippen LogP contribution in [0.3, 0.4) is 0 Å². The topological polar surface area (TPSA) is 8.17 Å². The van der Waals surface area contributed by atoms with Gasteiger partial charge in [0.1, 0.15) is 0 Å². The zero-order chi connectivity index (χ0) is 34.9. The summed E-state index contributed by atoms with van der Waals surface area (Å²) in [6, 6.07) is 71.0. The van der Waals surface area contributed by atoms with Crippen LogP contribution in [-0.4, -0.2) is 4.57 Å². The fourth-order valence-corrected chi connectivity index (χ4v) is 9.37. The number of thiophene rings is 1. The van der Waals surface area contributed by atoms with E-state index in [1.54, 1.807) is 0 Å². The SMILES string of the molecule is c1ccc(-c2ccc(N(c3ccc4ccc5cc6sc7ccccc7c6cc5c4c3)c3ccc4c(c3)c3ccccc3n4-c3ccccc3)cc2)cc1. The Kier molecular flexibility index (Phi) is 6.76. The highest BCUT2D eigenvalue weighted by atomic mass is 32.1. The minimum Gasteiger partial charge on any atom is -0.310 e. The monoisotopic (exact) mass is 692 g/mol. The van der Waals surface area contributed by atoms with Crippen molar-refractivity contribution >= 4 is 91.9 Å². The van der Waals surface area contributed by atoms with Gasteiger partial charge in [-0.2, -0.15) is 0 Å². The first-order valence-corrected chi connectivity index (χ1v) is 18.9. The molecule has 3 heteroatoms. The van der Waals surface area contributed by atoms with E-state index in [0.29, 0.717) is 0 Å². The summed E-state index contributed by atoms with van der Waals surface area (Å²) in [6.07, 6.45) is 0. The Morgan fingerprint density at radius 3 is 1.75 bits per heavy atom. The second kappa shape index (κ2) is 11.9. The summed E-state index contributed by atoms with van der Waals surface area (Å²) in [4.78, 5) is 2.42. The van der Waals surface area contributed by atoms with Gasteiger partial charge in [0.2, 0.25) is 0 Å². The number of hydrogen-bond donors (Lipinski definition) is 0. The molecule has 0 fully saturated rings. The van der Waals surface area contributed by atoms with E-state index in [0.717, 1.165) is 22.7 Å². The van der Waals surface area contributed by atoms with Crippen molar-refractivity contribution in [2.24, 2.45) is 0 Å². The van der Waals surface area contributed by atoms with Crippen molar-refractivity contribution < 1.29 is 0 Å². The van der Waals surface area contributed by atoms with Crippen LogP contribution in [0.2, 0.25) is 0 Å². The summed E-state index contributed by atoms with van der Waals surface area (Å²) in [5, 5.41) is 10.2. The highest BCUT2D eigenvalue weighted by Crippen LogP contribution is 2.43. The Morgan fingerprint density at radius 2 is 0.925 bits per heavy atom. The van der Waals surface area contributed by atoms with Crippen molar-refractivity contribution in [3.05, 3.63) is 194 Å². The largest absolute Gasteiger partial charge is 0.310 e. The van der Waals surface area contributed by atoms with Gasteiger partial charge in [-0.25, -0.2) is 0 Å². The summed E-state index contributed by atoms with van der Waals surface area (Å²) >= 11 is 1.88. The van der Waals surface area contributed by atoms with Crippen LogP contribution in [0, 0.1) is 0 Å². The van der Waals surface area contributed by atoms with E-state index in [1.807, 2.05) is 11.3 Å². The van der Waals surface area contributed by atoms with Gasteiger partial charge in [0, 0.05) is 53.7 Å². The second-order valence-electron chi connectivity index (χ2n) is 13.8. The molecule has 2 aromatic heterocycles. The molecule has 0 saturated heterocycles. The molecule has 2 heterocycles. The molecule has 11 rings (SSSR count). The molecule has 0 aliphatic rings. The summed E-state index contributed by atoms with van der Waals surface area (Å²) in [7, 11) is 0. The number of nitrogens with zero attached hydrogens (tertiary/aromatic N) is 2. The van der Waals surface area contributed by atoms with Gasteiger partial charge in [-0.1, -0.05) is 115 Å². The fourth-order valence-electron chi connectivity index (χ4n) is 8.24. The Morgan fingerprint density at radius 1 is 0.340 bits per heavy atom. The van der Waals surface area contributed by atoms with E-state index in [9.17, 15) is 0 Å². The van der Waals surface area contributed by atoms with Crippen molar-refractivity contribution in [2.45, 2.75) is 0 Å². The lowest BCUT2D eigenvalue weighted by Crippen LogP contribution is -2.10. The third kappa shape index (κ3) is 4.86. The molecule has 0 aliphatic heterocycles. The van der Waals surface area contributed by atoms with Crippen LogP contribution < -0.4 is 4.90 Å². The molecule has 0 saturated carbocycles. The van der Waals surface area contributed by atoms with E-state index in [1.165, 1.54) is 74.6 Å². The van der Waals surface area contributed by atoms with Gasteiger partial charge in [0.15, 0.2) is 0 Å². The van der Waals surface area contributed by atoms with E-state index < -0.39 is 0 Å². The lowest BCUT2D eigenvalue weighted by molar-refractivity contribution is 1.18. The predicted molar refractivity (Wildman–Crippen MR) is 229 cm³/mol. The molecule has 0 bridgehead atoms. The summed E-state index contributed by atoms with van der Waals surface area (Å²) < 4.78 is 5.04. The minimum atomic E-state index is 1.11. The normalized spacial score (nSPS) is 11.8. The molecule has 11 aromatic rings. The first kappa shape index (κ1) is 30.0. The zero-order valence-electron chi connectivity index (χ0n) is 28.8. The standard InChI is InChI=1S/C50H32N2S/c1-3-11-33(12-4-1)34-21-24-38(25-22-34)51(40-27-28-48-45(31-40)41-15-7-9-17-47(41)52(48)37-13-5-2-6-14-37)39-26-23-35-19-20-36-29-50-46(32-44(36)43(35)30-39)42-16-8-10-18-49(42)53-50/h1-32H. The third-order valence-electron chi connectivity index (χ3n) is 10.7. The van der Waals surface area contributed by atoms with Crippen LogP contribution in [0.15, 0.2) is 194 Å². The molecule has 0 atom stereocenters. The molecular formula is C50H32N2S. The van der Waals surface area contributed by atoms with Crippen molar-refractivity contribution in [3.63, 3.8) is 0 Å². The molecule has 0 aliphatic carbocycles. The van der Waals surface area contributed by atoms with Crippen molar-refractivity contribution in [1.29, 1.82) is 0 Å². The molecule has 0 radical (unpaired) electrons. The second-order valence-corrected chi connectivity index (χ2v) is 14.9. The van der Waals surface area contributed by atoms with Gasteiger partial charge in [0.25, 0.3) is 0 Å². The number of hydrogen-bond acceptors (Lipinski definition) is 2. The lowest BCUT2D eigenvalue weighted by atomic mass is 9.98. The first-order valence-electron chi connectivity index (χ1n) is 18.1. The van der Waals surface area contributed by atoms with Gasteiger partial charge in [-0.05, 0) is 112 Å². The molecule has 0 N–H and O–H groups in total.